The number of unbranched alkanes of at least 4 members (excludes halogenated alkanes) is 2. The highest BCUT2D eigenvalue weighted by Crippen LogP contribution is 2.18. The first-order valence-electron chi connectivity index (χ1n) is 5.50. The summed E-state index contributed by atoms with van der Waals surface area (Å²) in [6.07, 6.45) is 4.81. The molecule has 0 heterocycles. The molecule has 1 atom stereocenters. The lowest BCUT2D eigenvalue weighted by atomic mass is 9.98. The number of hydrogen-bond donors (Lipinski definition) is 1. The van der Waals surface area contributed by atoms with E-state index in [2.05, 4.69) is 13.8 Å². The zero-order valence-corrected chi connectivity index (χ0v) is 9.64. The standard InChI is InChI=1S/C11H23NO2/c1-4-6-8-11(3,10(12)13)14-9-7-5-2/h4-9H2,1-3H3,(H2,12,13). The molecule has 0 spiro atoms. The largest absolute Gasteiger partial charge is 0.367 e. The van der Waals surface area contributed by atoms with Crippen molar-refractivity contribution in [3.05, 3.63) is 0 Å². The molecule has 3 nitrogen and oxygen atoms in total. The SMILES string of the molecule is CCCCOC(C)(CCCC)C(N)=O. The summed E-state index contributed by atoms with van der Waals surface area (Å²) in [6, 6.07) is 0. The summed E-state index contributed by atoms with van der Waals surface area (Å²) in [5.41, 5.74) is 4.57. The van der Waals surface area contributed by atoms with Crippen molar-refractivity contribution < 1.29 is 9.53 Å². The molecule has 2 N–H and O–H groups in total. The Morgan fingerprint density at radius 1 is 1.29 bits per heavy atom. The van der Waals surface area contributed by atoms with Crippen LogP contribution in [0.3, 0.4) is 0 Å². The molecular formula is C11H23NO2. The third kappa shape index (κ3) is 4.61. The van der Waals surface area contributed by atoms with E-state index in [1.54, 1.807) is 6.92 Å². The molecule has 0 aliphatic rings. The van der Waals surface area contributed by atoms with Crippen molar-refractivity contribution >= 4 is 5.91 Å². The highest BCUT2D eigenvalue weighted by Gasteiger charge is 2.30. The number of amides is 1. The van der Waals surface area contributed by atoms with E-state index in [1.165, 1.54) is 0 Å². The van der Waals surface area contributed by atoms with Crippen LogP contribution in [0.5, 0.6) is 0 Å². The topological polar surface area (TPSA) is 52.3 Å². The fourth-order valence-corrected chi connectivity index (χ4v) is 1.22. The summed E-state index contributed by atoms with van der Waals surface area (Å²) in [5.74, 6) is -0.345. The lowest BCUT2D eigenvalue weighted by Crippen LogP contribution is -2.43. The van der Waals surface area contributed by atoms with E-state index in [1.807, 2.05) is 0 Å². The zero-order valence-electron chi connectivity index (χ0n) is 9.64. The summed E-state index contributed by atoms with van der Waals surface area (Å²) >= 11 is 0. The van der Waals surface area contributed by atoms with Gasteiger partial charge in [-0.1, -0.05) is 33.1 Å². The molecule has 1 amide bonds. The minimum Gasteiger partial charge on any atom is -0.367 e. The summed E-state index contributed by atoms with van der Waals surface area (Å²) in [7, 11) is 0. The highest BCUT2D eigenvalue weighted by atomic mass is 16.5. The molecule has 0 fully saturated rings. The van der Waals surface area contributed by atoms with Crippen molar-refractivity contribution in [2.24, 2.45) is 5.73 Å². The van der Waals surface area contributed by atoms with Gasteiger partial charge in [-0.05, 0) is 19.8 Å². The van der Waals surface area contributed by atoms with E-state index in [0.717, 1.165) is 32.1 Å². The Labute approximate surface area is 87.0 Å². The molecule has 0 rings (SSSR count). The van der Waals surface area contributed by atoms with Gasteiger partial charge in [0.05, 0.1) is 0 Å². The first-order chi connectivity index (χ1) is 6.56. The van der Waals surface area contributed by atoms with E-state index in [0.29, 0.717) is 6.61 Å². The van der Waals surface area contributed by atoms with Gasteiger partial charge in [0.15, 0.2) is 0 Å². The Bertz CT molecular complexity index is 171. The molecule has 84 valence electrons. The summed E-state index contributed by atoms with van der Waals surface area (Å²) in [5, 5.41) is 0. The van der Waals surface area contributed by atoms with Gasteiger partial charge in [0.1, 0.15) is 5.60 Å². The molecule has 1 unspecified atom stereocenters. The molecule has 0 aromatic heterocycles. The number of hydrogen-bond acceptors (Lipinski definition) is 2. The lowest BCUT2D eigenvalue weighted by molar-refractivity contribution is -0.142. The normalized spacial score (nSPS) is 15.1. The smallest absolute Gasteiger partial charge is 0.249 e. The Hall–Kier alpha value is -0.570. The predicted molar refractivity (Wildman–Crippen MR) is 58.0 cm³/mol. The molecule has 14 heavy (non-hydrogen) atoms. The third-order valence-electron chi connectivity index (χ3n) is 2.45. The number of ether oxygens (including phenoxy) is 1. The third-order valence-corrected chi connectivity index (χ3v) is 2.45. The lowest BCUT2D eigenvalue weighted by Gasteiger charge is -2.26. The number of rotatable bonds is 8. The minimum atomic E-state index is -0.759. The van der Waals surface area contributed by atoms with Gasteiger partial charge < -0.3 is 10.5 Å². The maximum absolute atomic E-state index is 11.2. The first-order valence-corrected chi connectivity index (χ1v) is 5.50. The molecule has 0 aromatic carbocycles. The van der Waals surface area contributed by atoms with Crippen molar-refractivity contribution in [1.29, 1.82) is 0 Å². The van der Waals surface area contributed by atoms with Crippen LogP contribution in [0.25, 0.3) is 0 Å². The van der Waals surface area contributed by atoms with E-state index in [-0.39, 0.29) is 5.91 Å². The Kier molecular flexibility index (Phi) is 6.54. The average Bonchev–Trinajstić information content (AvgIpc) is 2.15. The second-order valence-corrected chi connectivity index (χ2v) is 3.90. The van der Waals surface area contributed by atoms with Crippen LogP contribution >= 0.6 is 0 Å². The molecule has 0 saturated carbocycles. The number of carbonyl (C=O) groups excluding carboxylic acids is 1. The van der Waals surface area contributed by atoms with Gasteiger partial charge in [-0.25, -0.2) is 0 Å². The van der Waals surface area contributed by atoms with Crippen LogP contribution in [-0.2, 0) is 9.53 Å². The Morgan fingerprint density at radius 3 is 2.29 bits per heavy atom. The van der Waals surface area contributed by atoms with Crippen LogP contribution in [0.1, 0.15) is 52.9 Å². The van der Waals surface area contributed by atoms with Gasteiger partial charge in [-0.2, -0.15) is 0 Å². The number of carbonyl (C=O) groups is 1. The van der Waals surface area contributed by atoms with Gasteiger partial charge in [0, 0.05) is 6.61 Å². The van der Waals surface area contributed by atoms with Crippen molar-refractivity contribution in [3.63, 3.8) is 0 Å². The number of primary amides is 1. The van der Waals surface area contributed by atoms with Gasteiger partial charge in [0.25, 0.3) is 0 Å². The van der Waals surface area contributed by atoms with Gasteiger partial charge in [-0.15, -0.1) is 0 Å². The Morgan fingerprint density at radius 2 is 1.86 bits per heavy atom. The van der Waals surface area contributed by atoms with E-state index >= 15 is 0 Å². The maximum atomic E-state index is 11.2. The van der Waals surface area contributed by atoms with Gasteiger partial charge in [0.2, 0.25) is 5.91 Å². The molecule has 0 saturated heterocycles. The Balaban J connectivity index is 4.03. The predicted octanol–water partition coefficient (Wildman–Crippen LogP) is 2.24. The summed E-state index contributed by atoms with van der Waals surface area (Å²) in [4.78, 5) is 11.2. The second-order valence-electron chi connectivity index (χ2n) is 3.90. The molecule has 3 heteroatoms. The van der Waals surface area contributed by atoms with Gasteiger partial charge in [-0.3, -0.25) is 4.79 Å². The highest BCUT2D eigenvalue weighted by molar-refractivity contribution is 5.82. The van der Waals surface area contributed by atoms with Crippen LogP contribution in [0, 0.1) is 0 Å². The van der Waals surface area contributed by atoms with Crippen LogP contribution in [0.4, 0.5) is 0 Å². The monoisotopic (exact) mass is 201 g/mol. The molecule has 0 aliphatic carbocycles. The fraction of sp³-hybridized carbons (Fsp3) is 0.909. The van der Waals surface area contributed by atoms with Crippen LogP contribution in [0.2, 0.25) is 0 Å². The summed E-state index contributed by atoms with van der Waals surface area (Å²) in [6.45, 7) is 6.60. The first kappa shape index (κ1) is 13.4. The van der Waals surface area contributed by atoms with E-state index in [9.17, 15) is 4.79 Å². The minimum absolute atomic E-state index is 0.345. The summed E-state index contributed by atoms with van der Waals surface area (Å²) < 4.78 is 5.56. The van der Waals surface area contributed by atoms with Crippen LogP contribution < -0.4 is 5.73 Å². The van der Waals surface area contributed by atoms with Gasteiger partial charge >= 0.3 is 0 Å². The fourth-order valence-electron chi connectivity index (χ4n) is 1.22. The maximum Gasteiger partial charge on any atom is 0.249 e. The molecule has 0 aromatic rings. The molecule has 0 bridgehead atoms. The second kappa shape index (κ2) is 6.82. The van der Waals surface area contributed by atoms with E-state index < -0.39 is 5.60 Å². The van der Waals surface area contributed by atoms with Crippen molar-refractivity contribution in [2.75, 3.05) is 6.61 Å². The average molecular weight is 201 g/mol. The molecule has 0 aliphatic heterocycles. The number of nitrogens with two attached hydrogens (primary N) is 1. The van der Waals surface area contributed by atoms with Crippen molar-refractivity contribution in [2.45, 2.75) is 58.5 Å². The quantitative estimate of drug-likeness (QED) is 0.612. The van der Waals surface area contributed by atoms with Crippen LogP contribution in [-0.4, -0.2) is 18.1 Å². The van der Waals surface area contributed by atoms with E-state index in [4.69, 9.17) is 10.5 Å². The van der Waals surface area contributed by atoms with Crippen molar-refractivity contribution in [3.8, 4) is 0 Å². The molecular weight excluding hydrogens is 178 g/mol. The molecule has 0 radical (unpaired) electrons. The van der Waals surface area contributed by atoms with Crippen LogP contribution in [0.15, 0.2) is 0 Å². The van der Waals surface area contributed by atoms with Crippen molar-refractivity contribution in [1.82, 2.24) is 0 Å². The zero-order chi connectivity index (χ0) is 11.0.